The topological polar surface area (TPSA) is 84.5 Å². The molecule has 1 amide bonds. The Bertz CT molecular complexity index is 876. The van der Waals surface area contributed by atoms with Gasteiger partial charge in [0.15, 0.2) is 0 Å². The first kappa shape index (κ1) is 17.8. The lowest BCUT2D eigenvalue weighted by Crippen LogP contribution is -2.15. The Balaban J connectivity index is 2.31. The van der Waals surface area contributed by atoms with Crippen LogP contribution in [0, 0.1) is 13.8 Å². The maximum Gasteiger partial charge on any atom is 0.255 e. The van der Waals surface area contributed by atoms with Crippen LogP contribution in [-0.2, 0) is 10.0 Å². The number of sulfonamides is 1. The maximum absolute atomic E-state index is 12.5. The summed E-state index contributed by atoms with van der Waals surface area (Å²) in [5.74, 6) is 0.200. The lowest BCUT2D eigenvalue weighted by atomic mass is 10.1. The SMILES string of the molecule is COc1ccc(C)cc1NC(=O)c1ccc(C)c(NS(C)(=O)=O)c1. The molecule has 0 heterocycles. The number of nitrogens with one attached hydrogen (secondary N) is 2. The molecule has 0 aliphatic heterocycles. The molecule has 0 unspecified atom stereocenters. The van der Waals surface area contributed by atoms with E-state index in [-0.39, 0.29) is 5.91 Å². The van der Waals surface area contributed by atoms with Crippen LogP contribution in [0.3, 0.4) is 0 Å². The zero-order valence-corrected chi connectivity index (χ0v) is 14.8. The summed E-state index contributed by atoms with van der Waals surface area (Å²) in [6.07, 6.45) is 1.07. The monoisotopic (exact) mass is 348 g/mol. The van der Waals surface area contributed by atoms with Gasteiger partial charge in [0.2, 0.25) is 10.0 Å². The third-order valence-corrected chi connectivity index (χ3v) is 3.99. The molecule has 2 rings (SSSR count). The van der Waals surface area contributed by atoms with Crippen LogP contribution in [0.25, 0.3) is 0 Å². The molecule has 0 spiro atoms. The van der Waals surface area contributed by atoms with Crippen LogP contribution < -0.4 is 14.8 Å². The number of methoxy groups -OCH3 is 1. The van der Waals surface area contributed by atoms with Gasteiger partial charge in [0.25, 0.3) is 5.91 Å². The van der Waals surface area contributed by atoms with Gasteiger partial charge in [-0.2, -0.15) is 0 Å². The number of anilines is 2. The minimum atomic E-state index is -3.42. The predicted octanol–water partition coefficient (Wildman–Crippen LogP) is 2.94. The van der Waals surface area contributed by atoms with E-state index in [0.717, 1.165) is 17.4 Å². The second kappa shape index (κ2) is 6.92. The van der Waals surface area contributed by atoms with Gasteiger partial charge >= 0.3 is 0 Å². The summed E-state index contributed by atoms with van der Waals surface area (Å²) in [6.45, 7) is 3.67. The molecule has 7 heteroatoms. The third kappa shape index (κ3) is 4.48. The highest BCUT2D eigenvalue weighted by Crippen LogP contribution is 2.26. The molecule has 0 aliphatic rings. The fourth-order valence-electron chi connectivity index (χ4n) is 2.19. The van der Waals surface area contributed by atoms with Crippen molar-refractivity contribution in [3.63, 3.8) is 0 Å². The number of carbonyl (C=O) groups excluding carboxylic acids is 1. The highest BCUT2D eigenvalue weighted by molar-refractivity contribution is 7.92. The molecule has 2 aromatic carbocycles. The van der Waals surface area contributed by atoms with Crippen LogP contribution in [0.4, 0.5) is 11.4 Å². The van der Waals surface area contributed by atoms with Crippen LogP contribution in [0.2, 0.25) is 0 Å². The Morgan fingerprint density at radius 3 is 2.38 bits per heavy atom. The minimum Gasteiger partial charge on any atom is -0.495 e. The normalized spacial score (nSPS) is 11.0. The summed E-state index contributed by atoms with van der Waals surface area (Å²) >= 11 is 0. The molecule has 128 valence electrons. The molecular weight excluding hydrogens is 328 g/mol. The first-order valence-corrected chi connectivity index (χ1v) is 9.13. The second-order valence-corrected chi connectivity index (χ2v) is 7.31. The Morgan fingerprint density at radius 1 is 1.04 bits per heavy atom. The van der Waals surface area contributed by atoms with Crippen LogP contribution in [-0.4, -0.2) is 27.7 Å². The molecule has 0 saturated heterocycles. The average molecular weight is 348 g/mol. The van der Waals surface area contributed by atoms with Crippen LogP contribution in [0.15, 0.2) is 36.4 Å². The van der Waals surface area contributed by atoms with Crippen LogP contribution >= 0.6 is 0 Å². The summed E-state index contributed by atoms with van der Waals surface area (Å²) in [7, 11) is -1.89. The Morgan fingerprint density at radius 2 is 1.75 bits per heavy atom. The molecule has 0 saturated carbocycles. The first-order chi connectivity index (χ1) is 11.2. The quantitative estimate of drug-likeness (QED) is 0.870. The highest BCUT2D eigenvalue weighted by atomic mass is 32.2. The van der Waals surface area contributed by atoms with Crippen molar-refractivity contribution in [2.24, 2.45) is 0 Å². The predicted molar refractivity (Wildman–Crippen MR) is 95.3 cm³/mol. The van der Waals surface area contributed by atoms with Gasteiger partial charge < -0.3 is 10.1 Å². The molecule has 0 bridgehead atoms. The number of rotatable bonds is 5. The molecule has 24 heavy (non-hydrogen) atoms. The molecule has 2 N–H and O–H groups in total. The Kier molecular flexibility index (Phi) is 5.14. The summed E-state index contributed by atoms with van der Waals surface area (Å²) < 4.78 is 30.5. The van der Waals surface area contributed by atoms with Crippen molar-refractivity contribution in [2.45, 2.75) is 13.8 Å². The molecular formula is C17H20N2O4S. The molecule has 0 fully saturated rings. The fourth-order valence-corrected chi connectivity index (χ4v) is 2.81. The van der Waals surface area contributed by atoms with Gasteiger partial charge in [-0.1, -0.05) is 12.1 Å². The summed E-state index contributed by atoms with van der Waals surface area (Å²) in [6, 6.07) is 10.3. The van der Waals surface area contributed by atoms with E-state index in [4.69, 9.17) is 4.74 Å². The van der Waals surface area contributed by atoms with Gasteiger partial charge in [-0.15, -0.1) is 0 Å². The lowest BCUT2D eigenvalue weighted by Gasteiger charge is -2.13. The fraction of sp³-hybridized carbons (Fsp3) is 0.235. The largest absolute Gasteiger partial charge is 0.495 e. The van der Waals surface area contributed by atoms with Crippen molar-refractivity contribution < 1.29 is 17.9 Å². The van der Waals surface area contributed by atoms with E-state index in [1.807, 2.05) is 13.0 Å². The van der Waals surface area contributed by atoms with E-state index >= 15 is 0 Å². The zero-order chi connectivity index (χ0) is 17.9. The van der Waals surface area contributed by atoms with Gasteiger partial charge in [-0.3, -0.25) is 9.52 Å². The molecule has 0 radical (unpaired) electrons. The summed E-state index contributed by atoms with van der Waals surface area (Å²) in [5.41, 5.74) is 2.98. The van der Waals surface area contributed by atoms with Crippen LogP contribution in [0.5, 0.6) is 5.75 Å². The van der Waals surface area contributed by atoms with Gasteiger partial charge in [-0.25, -0.2) is 8.42 Å². The Hall–Kier alpha value is -2.54. The third-order valence-electron chi connectivity index (χ3n) is 3.40. The molecule has 2 aromatic rings. The average Bonchev–Trinajstić information content (AvgIpc) is 2.48. The summed E-state index contributed by atoms with van der Waals surface area (Å²) in [5, 5.41) is 2.79. The molecule has 0 aromatic heterocycles. The number of ether oxygens (including phenoxy) is 1. The Labute approximate surface area is 141 Å². The minimum absolute atomic E-state index is 0.343. The lowest BCUT2D eigenvalue weighted by molar-refractivity contribution is 0.102. The van der Waals surface area contributed by atoms with Crippen molar-refractivity contribution in [1.82, 2.24) is 0 Å². The van der Waals surface area contributed by atoms with Gasteiger partial charge in [-0.05, 0) is 49.2 Å². The van der Waals surface area contributed by atoms with E-state index in [1.165, 1.54) is 13.2 Å². The number of hydrogen-bond acceptors (Lipinski definition) is 4. The van der Waals surface area contributed by atoms with Gasteiger partial charge in [0.05, 0.1) is 24.7 Å². The standard InChI is InChI=1S/C17H20N2O4S/c1-11-5-8-16(23-3)15(9-11)18-17(20)13-7-6-12(2)14(10-13)19-24(4,21)22/h5-10,19H,1-4H3,(H,18,20). The zero-order valence-electron chi connectivity index (χ0n) is 14.0. The van der Waals surface area contributed by atoms with Crippen molar-refractivity contribution >= 4 is 27.3 Å². The highest BCUT2D eigenvalue weighted by Gasteiger charge is 2.13. The van der Waals surface area contributed by atoms with Crippen LogP contribution in [0.1, 0.15) is 21.5 Å². The molecule has 0 aliphatic carbocycles. The second-order valence-electron chi connectivity index (χ2n) is 5.56. The van der Waals surface area contributed by atoms with Crippen molar-refractivity contribution in [1.29, 1.82) is 0 Å². The molecule has 6 nitrogen and oxygen atoms in total. The van der Waals surface area contributed by atoms with E-state index in [1.54, 1.807) is 31.2 Å². The first-order valence-electron chi connectivity index (χ1n) is 7.24. The van der Waals surface area contributed by atoms with Crippen molar-refractivity contribution in [2.75, 3.05) is 23.4 Å². The molecule has 0 atom stereocenters. The van der Waals surface area contributed by atoms with Crippen molar-refractivity contribution in [3.8, 4) is 5.75 Å². The van der Waals surface area contributed by atoms with Gasteiger partial charge in [0, 0.05) is 5.56 Å². The summed E-state index contributed by atoms with van der Waals surface area (Å²) in [4.78, 5) is 12.5. The number of aryl methyl sites for hydroxylation is 2. The number of benzene rings is 2. The maximum atomic E-state index is 12.5. The van der Waals surface area contributed by atoms with Gasteiger partial charge in [0.1, 0.15) is 5.75 Å². The number of carbonyl (C=O) groups is 1. The van der Waals surface area contributed by atoms with E-state index in [9.17, 15) is 13.2 Å². The van der Waals surface area contributed by atoms with E-state index in [2.05, 4.69) is 10.0 Å². The van der Waals surface area contributed by atoms with Crippen molar-refractivity contribution in [3.05, 3.63) is 53.1 Å². The number of hydrogen-bond donors (Lipinski definition) is 2. The number of amides is 1. The van der Waals surface area contributed by atoms with E-state index < -0.39 is 10.0 Å². The smallest absolute Gasteiger partial charge is 0.255 e. The van der Waals surface area contributed by atoms with E-state index in [0.29, 0.717) is 22.7 Å².